The molecule has 1 aromatic rings. The Morgan fingerprint density at radius 2 is 2.10 bits per heavy atom. The molecule has 20 heavy (non-hydrogen) atoms. The Morgan fingerprint density at radius 1 is 1.40 bits per heavy atom. The number of halogens is 1. The number of sulfonamides is 1. The number of hydrogen-bond donors (Lipinski definition) is 0. The Bertz CT molecular complexity index is 590. The lowest BCUT2D eigenvalue weighted by Gasteiger charge is -2.35. The highest BCUT2D eigenvalue weighted by atomic mass is 35.5. The van der Waals surface area contributed by atoms with Crippen LogP contribution >= 0.6 is 11.6 Å². The van der Waals surface area contributed by atoms with E-state index < -0.39 is 10.0 Å². The van der Waals surface area contributed by atoms with Gasteiger partial charge in [-0.3, -0.25) is 0 Å². The van der Waals surface area contributed by atoms with Crippen LogP contribution in [0, 0.1) is 0 Å². The van der Waals surface area contributed by atoms with Crippen LogP contribution in [-0.4, -0.2) is 45.1 Å². The summed E-state index contributed by atoms with van der Waals surface area (Å²) >= 11 is 6.01. The van der Waals surface area contributed by atoms with E-state index in [1.807, 2.05) is 13.8 Å². The first-order chi connectivity index (χ1) is 9.36. The summed E-state index contributed by atoms with van der Waals surface area (Å²) in [5.74, 6) is 0.453. The van der Waals surface area contributed by atoms with Gasteiger partial charge >= 0.3 is 0 Å². The third kappa shape index (κ3) is 2.93. The van der Waals surface area contributed by atoms with Crippen molar-refractivity contribution in [2.24, 2.45) is 0 Å². The van der Waals surface area contributed by atoms with Gasteiger partial charge in [-0.1, -0.05) is 11.6 Å². The van der Waals surface area contributed by atoms with Crippen molar-refractivity contribution in [2.75, 3.05) is 20.3 Å². The van der Waals surface area contributed by atoms with E-state index in [0.717, 1.165) is 0 Å². The molecule has 1 aliphatic rings. The van der Waals surface area contributed by atoms with Crippen molar-refractivity contribution in [3.63, 3.8) is 0 Å². The Labute approximate surface area is 124 Å². The number of morpholine rings is 1. The first-order valence-corrected chi connectivity index (χ1v) is 8.15. The summed E-state index contributed by atoms with van der Waals surface area (Å²) < 4.78 is 37.3. The maximum atomic E-state index is 12.7. The lowest BCUT2D eigenvalue weighted by atomic mass is 10.2. The number of nitrogens with zero attached hydrogens (tertiary/aromatic N) is 1. The van der Waals surface area contributed by atoms with Crippen LogP contribution in [0.5, 0.6) is 5.75 Å². The largest absolute Gasteiger partial charge is 0.495 e. The summed E-state index contributed by atoms with van der Waals surface area (Å²) in [5, 5.41) is 0.280. The monoisotopic (exact) mass is 319 g/mol. The predicted octanol–water partition coefficient (Wildman–Crippen LogP) is 2.15. The van der Waals surface area contributed by atoms with Gasteiger partial charge in [0.2, 0.25) is 10.0 Å². The smallest absolute Gasteiger partial charge is 0.243 e. The zero-order valence-electron chi connectivity index (χ0n) is 11.7. The first kappa shape index (κ1) is 15.6. The second kappa shape index (κ2) is 5.89. The molecule has 1 fully saturated rings. The van der Waals surface area contributed by atoms with Gasteiger partial charge in [-0.2, -0.15) is 4.31 Å². The summed E-state index contributed by atoms with van der Waals surface area (Å²) in [4.78, 5) is 0.171. The fraction of sp³-hybridized carbons (Fsp3) is 0.538. The van der Waals surface area contributed by atoms with Crippen molar-refractivity contribution in [2.45, 2.75) is 30.9 Å². The summed E-state index contributed by atoms with van der Waals surface area (Å²) in [6, 6.07) is 4.29. The third-order valence-electron chi connectivity index (χ3n) is 3.28. The minimum absolute atomic E-state index is 0.116. The van der Waals surface area contributed by atoms with E-state index in [-0.39, 0.29) is 22.1 Å². The van der Waals surface area contributed by atoms with E-state index in [0.29, 0.717) is 18.9 Å². The number of methoxy groups -OCH3 is 1. The van der Waals surface area contributed by atoms with E-state index in [4.69, 9.17) is 21.1 Å². The van der Waals surface area contributed by atoms with Gasteiger partial charge in [0, 0.05) is 12.6 Å². The molecule has 0 N–H and O–H groups in total. The molecule has 0 spiro atoms. The number of rotatable bonds is 3. The van der Waals surface area contributed by atoms with Crippen molar-refractivity contribution < 1.29 is 17.9 Å². The molecule has 0 aromatic heterocycles. The van der Waals surface area contributed by atoms with E-state index in [9.17, 15) is 8.42 Å². The second-order valence-corrected chi connectivity index (χ2v) is 7.16. The highest BCUT2D eigenvalue weighted by Crippen LogP contribution is 2.29. The third-order valence-corrected chi connectivity index (χ3v) is 5.55. The van der Waals surface area contributed by atoms with Crippen LogP contribution in [0.25, 0.3) is 0 Å². The lowest BCUT2D eigenvalue weighted by Crippen LogP contribution is -2.50. The molecule has 2 unspecified atom stereocenters. The van der Waals surface area contributed by atoms with Crippen LogP contribution in [0.3, 0.4) is 0 Å². The zero-order valence-corrected chi connectivity index (χ0v) is 13.2. The van der Waals surface area contributed by atoms with Gasteiger partial charge in [0.15, 0.2) is 0 Å². The van der Waals surface area contributed by atoms with Gasteiger partial charge in [0.1, 0.15) is 5.75 Å². The Morgan fingerprint density at radius 3 is 2.70 bits per heavy atom. The highest BCUT2D eigenvalue weighted by Gasteiger charge is 2.34. The maximum absolute atomic E-state index is 12.7. The van der Waals surface area contributed by atoms with Gasteiger partial charge in [-0.15, -0.1) is 0 Å². The molecule has 2 rings (SSSR count). The van der Waals surface area contributed by atoms with Crippen LogP contribution in [0.2, 0.25) is 5.02 Å². The van der Waals surface area contributed by atoms with Gasteiger partial charge in [0.05, 0.1) is 29.7 Å². The summed E-state index contributed by atoms with van der Waals surface area (Å²) in [7, 11) is -2.09. The lowest BCUT2D eigenvalue weighted by molar-refractivity contribution is -0.0170. The molecule has 112 valence electrons. The zero-order chi connectivity index (χ0) is 14.9. The Kier molecular flexibility index (Phi) is 4.59. The van der Waals surface area contributed by atoms with Crippen LogP contribution in [0.1, 0.15) is 13.8 Å². The standard InChI is InChI=1S/C13H18ClNO4S/c1-9-8-19-10(2)7-15(9)20(16,17)11-4-5-13(18-3)12(14)6-11/h4-6,9-10H,7-8H2,1-3H3. The van der Waals surface area contributed by atoms with Gasteiger partial charge in [-0.05, 0) is 32.0 Å². The molecule has 0 aliphatic carbocycles. The maximum Gasteiger partial charge on any atom is 0.243 e. The number of hydrogen-bond acceptors (Lipinski definition) is 4. The first-order valence-electron chi connectivity index (χ1n) is 6.33. The minimum Gasteiger partial charge on any atom is -0.495 e. The molecule has 1 aromatic carbocycles. The van der Waals surface area contributed by atoms with Crippen LogP contribution < -0.4 is 4.74 Å². The van der Waals surface area contributed by atoms with Crippen molar-refractivity contribution in [1.29, 1.82) is 0 Å². The van der Waals surface area contributed by atoms with Gasteiger partial charge in [-0.25, -0.2) is 8.42 Å². The van der Waals surface area contributed by atoms with Gasteiger partial charge in [0.25, 0.3) is 0 Å². The normalized spacial score (nSPS) is 24.6. The molecule has 1 aliphatic heterocycles. The van der Waals surface area contributed by atoms with Gasteiger partial charge < -0.3 is 9.47 Å². The summed E-state index contributed by atoms with van der Waals surface area (Å²) in [6.07, 6.45) is -0.116. The Balaban J connectivity index is 2.36. The fourth-order valence-electron chi connectivity index (χ4n) is 2.15. The molecule has 1 saturated heterocycles. The SMILES string of the molecule is COc1ccc(S(=O)(=O)N2CC(C)OCC2C)cc1Cl. The molecule has 1 heterocycles. The van der Waals surface area contributed by atoms with E-state index in [2.05, 4.69) is 0 Å². The van der Waals surface area contributed by atoms with Crippen LogP contribution in [0.15, 0.2) is 23.1 Å². The average molecular weight is 320 g/mol. The Hall–Kier alpha value is -0.820. The summed E-state index contributed by atoms with van der Waals surface area (Å²) in [5.41, 5.74) is 0. The molecular formula is C13H18ClNO4S. The van der Waals surface area contributed by atoms with Crippen LogP contribution in [-0.2, 0) is 14.8 Å². The van der Waals surface area contributed by atoms with E-state index in [1.165, 1.54) is 23.5 Å². The molecule has 0 saturated carbocycles. The van der Waals surface area contributed by atoms with Crippen molar-refractivity contribution >= 4 is 21.6 Å². The average Bonchev–Trinajstić information content (AvgIpc) is 2.41. The van der Waals surface area contributed by atoms with E-state index >= 15 is 0 Å². The molecule has 7 heteroatoms. The minimum atomic E-state index is -3.58. The molecule has 0 amide bonds. The van der Waals surface area contributed by atoms with Crippen molar-refractivity contribution in [3.05, 3.63) is 23.2 Å². The second-order valence-electron chi connectivity index (χ2n) is 4.86. The van der Waals surface area contributed by atoms with Crippen molar-refractivity contribution in [1.82, 2.24) is 4.31 Å². The van der Waals surface area contributed by atoms with Crippen LogP contribution in [0.4, 0.5) is 0 Å². The molecule has 0 radical (unpaired) electrons. The van der Waals surface area contributed by atoms with E-state index in [1.54, 1.807) is 6.07 Å². The molecular weight excluding hydrogens is 302 g/mol. The topological polar surface area (TPSA) is 55.8 Å². The number of ether oxygens (including phenoxy) is 2. The number of benzene rings is 1. The molecule has 0 bridgehead atoms. The fourth-order valence-corrected chi connectivity index (χ4v) is 4.19. The van der Waals surface area contributed by atoms with Crippen molar-refractivity contribution in [3.8, 4) is 5.75 Å². The quantitative estimate of drug-likeness (QED) is 0.856. The summed E-state index contributed by atoms with van der Waals surface area (Å²) in [6.45, 7) is 4.42. The predicted molar refractivity (Wildman–Crippen MR) is 76.8 cm³/mol. The molecule has 2 atom stereocenters. The highest BCUT2D eigenvalue weighted by molar-refractivity contribution is 7.89. The molecule has 5 nitrogen and oxygen atoms in total.